The highest BCUT2D eigenvalue weighted by Gasteiger charge is 2.30. The third kappa shape index (κ3) is 4.62. The minimum Gasteiger partial charge on any atom is -0.468 e. The Morgan fingerprint density at radius 2 is 1.79 bits per heavy atom. The molecule has 2 aromatic carbocycles. The van der Waals surface area contributed by atoms with E-state index in [9.17, 15) is 4.79 Å². The Morgan fingerprint density at radius 1 is 1.07 bits per heavy atom. The Labute approximate surface area is 172 Å². The van der Waals surface area contributed by atoms with Crippen LogP contribution in [0.3, 0.4) is 0 Å². The lowest BCUT2D eigenvalue weighted by Gasteiger charge is -2.22. The zero-order chi connectivity index (χ0) is 21.0. The monoisotopic (exact) mass is 389 g/mol. The van der Waals surface area contributed by atoms with Crippen molar-refractivity contribution in [1.29, 1.82) is 0 Å². The van der Waals surface area contributed by atoms with Crippen molar-refractivity contribution in [1.82, 2.24) is 9.97 Å². The molecule has 0 aliphatic rings. The second-order valence-corrected chi connectivity index (χ2v) is 7.61. The summed E-state index contributed by atoms with van der Waals surface area (Å²) in [5.74, 6) is 1.19. The van der Waals surface area contributed by atoms with Crippen molar-refractivity contribution >= 4 is 17.5 Å². The van der Waals surface area contributed by atoms with Crippen molar-refractivity contribution in [2.75, 3.05) is 12.4 Å². The Hall–Kier alpha value is -3.21. The molecule has 0 aliphatic heterocycles. The normalized spacial score (nSPS) is 11.2. The number of rotatable bonds is 6. The first-order valence-corrected chi connectivity index (χ1v) is 9.74. The minimum atomic E-state index is -0.698. The van der Waals surface area contributed by atoms with E-state index in [2.05, 4.69) is 36.3 Å². The van der Waals surface area contributed by atoms with E-state index in [1.54, 1.807) is 0 Å². The van der Waals surface area contributed by atoms with E-state index in [-0.39, 0.29) is 5.97 Å². The van der Waals surface area contributed by atoms with Crippen LogP contribution in [0.1, 0.15) is 37.6 Å². The fourth-order valence-electron chi connectivity index (χ4n) is 3.15. The molecular formula is C24H27N3O2. The lowest BCUT2D eigenvalue weighted by molar-refractivity contribution is -0.146. The van der Waals surface area contributed by atoms with Crippen LogP contribution in [-0.4, -0.2) is 23.0 Å². The second-order valence-electron chi connectivity index (χ2n) is 7.61. The molecule has 0 unspecified atom stereocenters. The predicted octanol–water partition coefficient (Wildman–Crippen LogP) is 5.21. The molecule has 5 heteroatoms. The van der Waals surface area contributed by atoms with E-state index in [0.29, 0.717) is 5.82 Å². The van der Waals surface area contributed by atoms with Gasteiger partial charge in [0.25, 0.3) is 0 Å². The highest BCUT2D eigenvalue weighted by Crippen LogP contribution is 2.27. The molecule has 0 fully saturated rings. The fourth-order valence-corrected chi connectivity index (χ4v) is 3.15. The number of anilines is 2. The lowest BCUT2D eigenvalue weighted by atomic mass is 9.85. The largest absolute Gasteiger partial charge is 0.468 e. The van der Waals surface area contributed by atoms with Crippen LogP contribution in [0.25, 0.3) is 11.4 Å². The van der Waals surface area contributed by atoms with Gasteiger partial charge in [0.05, 0.1) is 12.5 Å². The van der Waals surface area contributed by atoms with Crippen LogP contribution in [-0.2, 0) is 21.4 Å². The smallest absolute Gasteiger partial charge is 0.315 e. The molecule has 0 saturated heterocycles. The maximum atomic E-state index is 12.0. The third-order valence-electron chi connectivity index (χ3n) is 4.99. The minimum absolute atomic E-state index is 0.260. The molecule has 0 saturated carbocycles. The van der Waals surface area contributed by atoms with Gasteiger partial charge in [0.15, 0.2) is 5.82 Å². The van der Waals surface area contributed by atoms with Crippen molar-refractivity contribution in [2.45, 2.75) is 39.5 Å². The highest BCUT2D eigenvalue weighted by atomic mass is 16.5. The first-order valence-electron chi connectivity index (χ1n) is 9.74. The molecule has 150 valence electrons. The summed E-state index contributed by atoms with van der Waals surface area (Å²) in [6.45, 7) is 7.85. The molecule has 0 spiro atoms. The Balaban J connectivity index is 1.88. The zero-order valence-electron chi connectivity index (χ0n) is 17.6. The molecule has 1 aromatic heterocycles. The molecule has 0 atom stereocenters. The number of benzene rings is 2. The summed E-state index contributed by atoms with van der Waals surface area (Å²) in [7, 11) is 1.41. The zero-order valence-corrected chi connectivity index (χ0v) is 17.6. The number of nitrogens with one attached hydrogen (secondary N) is 1. The second kappa shape index (κ2) is 8.43. The number of methoxy groups -OCH3 is 1. The molecule has 5 nitrogen and oxygen atoms in total. The molecule has 29 heavy (non-hydrogen) atoms. The summed E-state index contributed by atoms with van der Waals surface area (Å²) >= 11 is 0. The highest BCUT2D eigenvalue weighted by molar-refractivity contribution is 5.82. The third-order valence-corrected chi connectivity index (χ3v) is 4.99. The van der Waals surface area contributed by atoms with Gasteiger partial charge in [0.1, 0.15) is 5.82 Å². The number of carbonyl (C=O) groups excluding carboxylic acids is 1. The topological polar surface area (TPSA) is 64.1 Å². The van der Waals surface area contributed by atoms with Crippen molar-refractivity contribution in [3.8, 4) is 11.4 Å². The van der Waals surface area contributed by atoms with Crippen LogP contribution in [0.2, 0.25) is 0 Å². The van der Waals surface area contributed by atoms with Gasteiger partial charge in [-0.15, -0.1) is 0 Å². The molecule has 0 aliphatic carbocycles. The molecular weight excluding hydrogens is 362 g/mol. The van der Waals surface area contributed by atoms with Crippen LogP contribution < -0.4 is 5.32 Å². The predicted molar refractivity (Wildman–Crippen MR) is 116 cm³/mol. The number of esters is 1. The number of aromatic nitrogens is 2. The van der Waals surface area contributed by atoms with Crippen molar-refractivity contribution in [3.63, 3.8) is 0 Å². The Kier molecular flexibility index (Phi) is 5.97. The molecule has 0 amide bonds. The van der Waals surface area contributed by atoms with E-state index >= 15 is 0 Å². The van der Waals surface area contributed by atoms with E-state index in [1.165, 1.54) is 12.7 Å². The lowest BCUT2D eigenvalue weighted by Crippen LogP contribution is -2.30. The summed E-state index contributed by atoms with van der Waals surface area (Å²) in [5.41, 5.74) is 4.24. The maximum absolute atomic E-state index is 12.0. The number of hydrogen-bond acceptors (Lipinski definition) is 5. The summed E-state index contributed by atoms with van der Waals surface area (Å²) in [6, 6.07) is 17.9. The first-order chi connectivity index (χ1) is 13.8. The van der Waals surface area contributed by atoms with Crippen LogP contribution in [0.15, 0.2) is 54.6 Å². The van der Waals surface area contributed by atoms with Crippen molar-refractivity contribution < 1.29 is 9.53 Å². The van der Waals surface area contributed by atoms with Gasteiger partial charge in [-0.25, -0.2) is 9.97 Å². The number of hydrogen-bond donors (Lipinski definition) is 1. The summed E-state index contributed by atoms with van der Waals surface area (Å²) in [6.07, 6.45) is 0.822. The molecule has 0 radical (unpaired) electrons. The van der Waals surface area contributed by atoms with Crippen LogP contribution in [0.5, 0.6) is 0 Å². The maximum Gasteiger partial charge on any atom is 0.315 e. The van der Waals surface area contributed by atoms with Crippen molar-refractivity contribution in [3.05, 3.63) is 71.4 Å². The summed E-state index contributed by atoms with van der Waals surface area (Å²) in [4.78, 5) is 21.4. The van der Waals surface area contributed by atoms with Gasteiger partial charge in [-0.1, -0.05) is 42.8 Å². The molecule has 3 aromatic rings. The quantitative estimate of drug-likeness (QED) is 0.587. The number of aryl methyl sites for hydroxylation is 2. The van der Waals surface area contributed by atoms with Crippen molar-refractivity contribution in [2.24, 2.45) is 0 Å². The van der Waals surface area contributed by atoms with Gasteiger partial charge < -0.3 is 10.1 Å². The summed E-state index contributed by atoms with van der Waals surface area (Å²) in [5, 5.41) is 3.36. The standard InChI is InChI=1S/C24H27N3O2/c1-6-19-15-21(27-22(26-19)17-9-7-8-16(2)14-17)25-20-12-10-18(11-13-20)24(3,4)23(28)29-5/h7-15H,6H2,1-5H3,(H,25,26,27). The van der Waals surface area contributed by atoms with Gasteiger partial charge in [-0.2, -0.15) is 0 Å². The van der Waals surface area contributed by atoms with E-state index in [0.717, 1.165) is 34.7 Å². The number of nitrogens with zero attached hydrogens (tertiary/aromatic N) is 2. The van der Waals surface area contributed by atoms with Crippen LogP contribution in [0, 0.1) is 6.92 Å². The van der Waals surface area contributed by atoms with E-state index < -0.39 is 5.41 Å². The number of ether oxygens (including phenoxy) is 1. The fraction of sp³-hybridized carbons (Fsp3) is 0.292. The van der Waals surface area contributed by atoms with Gasteiger partial charge in [-0.05, 0) is 51.0 Å². The average Bonchev–Trinajstić information content (AvgIpc) is 2.73. The SMILES string of the molecule is CCc1cc(Nc2ccc(C(C)(C)C(=O)OC)cc2)nc(-c2cccc(C)c2)n1. The average molecular weight is 389 g/mol. The molecule has 1 heterocycles. The van der Waals surface area contributed by atoms with Gasteiger partial charge in [0.2, 0.25) is 0 Å². The summed E-state index contributed by atoms with van der Waals surface area (Å²) < 4.78 is 4.91. The van der Waals surface area contributed by atoms with E-state index in [4.69, 9.17) is 9.72 Å². The number of carbonyl (C=O) groups is 1. The van der Waals surface area contributed by atoms with Gasteiger partial charge in [0, 0.05) is 23.0 Å². The van der Waals surface area contributed by atoms with Gasteiger partial charge in [-0.3, -0.25) is 4.79 Å². The molecule has 3 rings (SSSR count). The van der Waals surface area contributed by atoms with Crippen LogP contribution >= 0.6 is 0 Å². The molecule has 1 N–H and O–H groups in total. The van der Waals surface area contributed by atoms with Gasteiger partial charge >= 0.3 is 5.97 Å². The Bertz CT molecular complexity index is 1010. The van der Waals surface area contributed by atoms with E-state index in [1.807, 2.05) is 56.3 Å². The first kappa shape index (κ1) is 20.5. The molecule has 0 bridgehead atoms. The Morgan fingerprint density at radius 3 is 2.41 bits per heavy atom. The van der Waals surface area contributed by atoms with Crippen LogP contribution in [0.4, 0.5) is 11.5 Å².